The maximum Gasteiger partial charge on any atom is 0.410 e. The van der Waals surface area contributed by atoms with E-state index in [4.69, 9.17) is 9.84 Å². The van der Waals surface area contributed by atoms with Gasteiger partial charge < -0.3 is 25.4 Å². The van der Waals surface area contributed by atoms with Gasteiger partial charge in [0.05, 0.1) is 19.2 Å². The topological polar surface area (TPSA) is 86.2 Å². The average molecular weight is 414 g/mol. The zero-order valence-electron chi connectivity index (χ0n) is 13.2. The molecule has 1 amide bonds. The third-order valence-electron chi connectivity index (χ3n) is 2.59. The van der Waals surface area contributed by atoms with Crippen LogP contribution in [0.15, 0.2) is 4.99 Å². The summed E-state index contributed by atoms with van der Waals surface area (Å²) in [5.41, 5.74) is -0.465. The zero-order chi connectivity index (χ0) is 15.2. The fraction of sp³-hybridized carbons (Fsp3) is 0.846. The number of carbonyl (C=O) groups excluding carboxylic acids is 1. The van der Waals surface area contributed by atoms with Gasteiger partial charge >= 0.3 is 6.09 Å². The van der Waals surface area contributed by atoms with Crippen LogP contribution in [0.3, 0.4) is 0 Å². The predicted octanol–water partition coefficient (Wildman–Crippen LogP) is 0.771. The van der Waals surface area contributed by atoms with Crippen molar-refractivity contribution >= 4 is 36.0 Å². The first kappa shape index (κ1) is 20.2. The number of hydrogen-bond acceptors (Lipinski definition) is 4. The second-order valence-corrected chi connectivity index (χ2v) is 5.71. The van der Waals surface area contributed by atoms with Gasteiger partial charge in [0.25, 0.3) is 0 Å². The van der Waals surface area contributed by atoms with Gasteiger partial charge in [0.2, 0.25) is 0 Å². The third-order valence-corrected chi connectivity index (χ3v) is 2.59. The van der Waals surface area contributed by atoms with E-state index in [-0.39, 0.29) is 42.7 Å². The third kappa shape index (κ3) is 7.70. The van der Waals surface area contributed by atoms with Crippen molar-refractivity contribution in [2.24, 2.45) is 4.99 Å². The van der Waals surface area contributed by atoms with Crippen LogP contribution < -0.4 is 10.6 Å². The molecule has 0 bridgehead atoms. The summed E-state index contributed by atoms with van der Waals surface area (Å²) in [4.78, 5) is 17.6. The largest absolute Gasteiger partial charge is 0.444 e. The molecule has 0 atom stereocenters. The van der Waals surface area contributed by atoms with E-state index in [9.17, 15) is 4.79 Å². The Morgan fingerprint density at radius 2 is 2.05 bits per heavy atom. The van der Waals surface area contributed by atoms with E-state index < -0.39 is 5.60 Å². The maximum absolute atomic E-state index is 11.8. The van der Waals surface area contributed by atoms with Gasteiger partial charge in [-0.15, -0.1) is 24.0 Å². The molecule has 0 unspecified atom stereocenters. The Hall–Kier alpha value is -0.770. The smallest absolute Gasteiger partial charge is 0.410 e. The fourth-order valence-electron chi connectivity index (χ4n) is 1.72. The highest BCUT2D eigenvalue weighted by atomic mass is 127. The monoisotopic (exact) mass is 414 g/mol. The second-order valence-electron chi connectivity index (χ2n) is 5.71. The lowest BCUT2D eigenvalue weighted by Gasteiger charge is -2.40. The number of hydrogen-bond donors (Lipinski definition) is 3. The molecule has 1 fully saturated rings. The molecular weight excluding hydrogens is 387 g/mol. The molecule has 1 saturated heterocycles. The van der Waals surface area contributed by atoms with E-state index in [1.165, 1.54) is 0 Å². The van der Waals surface area contributed by atoms with Crippen molar-refractivity contribution in [2.75, 3.05) is 32.8 Å². The summed E-state index contributed by atoms with van der Waals surface area (Å²) in [5, 5.41) is 15.1. The molecule has 1 aliphatic heterocycles. The highest BCUT2D eigenvalue weighted by Crippen LogP contribution is 2.15. The number of ether oxygens (including phenoxy) is 1. The van der Waals surface area contributed by atoms with E-state index in [0.29, 0.717) is 25.6 Å². The molecular formula is C13H27IN4O3. The molecule has 0 aromatic carbocycles. The number of aliphatic imine (C=N–C) groups is 1. The number of aliphatic hydroxyl groups excluding tert-OH is 1. The Labute approximate surface area is 143 Å². The summed E-state index contributed by atoms with van der Waals surface area (Å²) in [7, 11) is 0. The molecule has 1 heterocycles. The highest BCUT2D eigenvalue weighted by molar-refractivity contribution is 14.0. The van der Waals surface area contributed by atoms with Crippen LogP contribution in [0.2, 0.25) is 0 Å². The zero-order valence-corrected chi connectivity index (χ0v) is 15.5. The first-order valence-electron chi connectivity index (χ1n) is 6.99. The van der Waals surface area contributed by atoms with Crippen molar-refractivity contribution in [3.63, 3.8) is 0 Å². The van der Waals surface area contributed by atoms with Gasteiger partial charge in [0, 0.05) is 19.6 Å². The summed E-state index contributed by atoms with van der Waals surface area (Å²) < 4.78 is 5.29. The lowest BCUT2D eigenvalue weighted by atomic mass is 10.1. The molecule has 124 valence electrons. The normalized spacial score (nSPS) is 15.9. The van der Waals surface area contributed by atoms with Crippen LogP contribution in [-0.2, 0) is 4.74 Å². The molecule has 7 nitrogen and oxygen atoms in total. The van der Waals surface area contributed by atoms with E-state index in [1.807, 2.05) is 27.7 Å². The molecule has 3 N–H and O–H groups in total. The minimum absolute atomic E-state index is 0. The number of aliphatic hydroxyl groups is 1. The van der Waals surface area contributed by atoms with Crippen molar-refractivity contribution < 1.29 is 14.6 Å². The van der Waals surface area contributed by atoms with Crippen LogP contribution in [0.1, 0.15) is 27.7 Å². The Balaban J connectivity index is 0.00000400. The SMILES string of the molecule is CCNC(=NCCO)NC1CN(C(=O)OC(C)(C)C)C1.I. The van der Waals surface area contributed by atoms with E-state index >= 15 is 0 Å². The standard InChI is InChI=1S/C13H26N4O3.HI/c1-5-14-11(15-6-7-18)16-10-8-17(9-10)12(19)20-13(2,3)4;/h10,18H,5-9H2,1-4H3,(H2,14,15,16);1H. The summed E-state index contributed by atoms with van der Waals surface area (Å²) in [6.45, 7) is 9.85. The summed E-state index contributed by atoms with van der Waals surface area (Å²) in [6, 6.07) is 0.166. The van der Waals surface area contributed by atoms with Crippen molar-refractivity contribution in [3.05, 3.63) is 0 Å². The number of nitrogens with one attached hydrogen (secondary N) is 2. The molecule has 1 rings (SSSR count). The Morgan fingerprint density at radius 3 is 2.52 bits per heavy atom. The Morgan fingerprint density at radius 1 is 1.43 bits per heavy atom. The number of carbonyl (C=O) groups is 1. The van der Waals surface area contributed by atoms with Crippen LogP contribution in [0.25, 0.3) is 0 Å². The van der Waals surface area contributed by atoms with Crippen LogP contribution in [0.4, 0.5) is 4.79 Å². The van der Waals surface area contributed by atoms with Gasteiger partial charge in [0.15, 0.2) is 5.96 Å². The Bertz CT molecular complexity index is 352. The van der Waals surface area contributed by atoms with Crippen molar-refractivity contribution in [1.29, 1.82) is 0 Å². The van der Waals surface area contributed by atoms with Crippen LogP contribution in [-0.4, -0.2) is 66.5 Å². The number of likely N-dealkylation sites (tertiary alicyclic amines) is 1. The van der Waals surface area contributed by atoms with Gasteiger partial charge in [-0.1, -0.05) is 0 Å². The van der Waals surface area contributed by atoms with Gasteiger partial charge in [-0.05, 0) is 27.7 Å². The van der Waals surface area contributed by atoms with Crippen LogP contribution in [0, 0.1) is 0 Å². The number of nitrogens with zero attached hydrogens (tertiary/aromatic N) is 2. The van der Waals surface area contributed by atoms with Gasteiger partial charge in [-0.3, -0.25) is 4.99 Å². The highest BCUT2D eigenvalue weighted by Gasteiger charge is 2.34. The molecule has 0 aliphatic carbocycles. The first-order chi connectivity index (χ1) is 9.35. The quantitative estimate of drug-likeness (QED) is 0.360. The molecule has 0 aromatic rings. The Kier molecular flexibility index (Phi) is 8.95. The molecule has 1 aliphatic rings. The number of amides is 1. The average Bonchev–Trinajstić information content (AvgIpc) is 2.27. The first-order valence-corrected chi connectivity index (χ1v) is 6.99. The second kappa shape index (κ2) is 9.29. The summed E-state index contributed by atoms with van der Waals surface area (Å²) in [6.07, 6.45) is -0.284. The summed E-state index contributed by atoms with van der Waals surface area (Å²) in [5.74, 6) is 0.662. The molecule has 0 saturated carbocycles. The van der Waals surface area contributed by atoms with Crippen molar-refractivity contribution in [2.45, 2.75) is 39.3 Å². The minimum Gasteiger partial charge on any atom is -0.444 e. The number of halogens is 1. The van der Waals surface area contributed by atoms with Gasteiger partial charge in [0.1, 0.15) is 5.60 Å². The van der Waals surface area contributed by atoms with E-state index in [1.54, 1.807) is 4.90 Å². The molecule has 21 heavy (non-hydrogen) atoms. The van der Waals surface area contributed by atoms with Crippen LogP contribution >= 0.6 is 24.0 Å². The minimum atomic E-state index is -0.465. The lowest BCUT2D eigenvalue weighted by Crippen LogP contribution is -2.63. The molecule has 0 aromatic heterocycles. The lowest BCUT2D eigenvalue weighted by molar-refractivity contribution is 0.00701. The fourth-order valence-corrected chi connectivity index (χ4v) is 1.72. The van der Waals surface area contributed by atoms with E-state index in [2.05, 4.69) is 15.6 Å². The molecule has 8 heteroatoms. The summed E-state index contributed by atoms with van der Waals surface area (Å²) >= 11 is 0. The number of guanidine groups is 1. The van der Waals surface area contributed by atoms with Crippen molar-refractivity contribution in [1.82, 2.24) is 15.5 Å². The van der Waals surface area contributed by atoms with Gasteiger partial charge in [-0.2, -0.15) is 0 Å². The molecule has 0 radical (unpaired) electrons. The maximum atomic E-state index is 11.8. The van der Waals surface area contributed by atoms with Gasteiger partial charge in [-0.25, -0.2) is 4.79 Å². The molecule has 0 spiro atoms. The number of rotatable bonds is 4. The van der Waals surface area contributed by atoms with Crippen molar-refractivity contribution in [3.8, 4) is 0 Å². The van der Waals surface area contributed by atoms with E-state index in [0.717, 1.165) is 6.54 Å². The predicted molar refractivity (Wildman–Crippen MR) is 93.2 cm³/mol. The van der Waals surface area contributed by atoms with Crippen LogP contribution in [0.5, 0.6) is 0 Å².